The van der Waals surface area contributed by atoms with Gasteiger partial charge in [0.15, 0.2) is 6.61 Å². The largest absolute Gasteiger partial charge is 0.494 e. The highest BCUT2D eigenvalue weighted by Gasteiger charge is 2.24. The molecule has 0 bridgehead atoms. The van der Waals surface area contributed by atoms with Gasteiger partial charge in [0.1, 0.15) is 11.5 Å². The summed E-state index contributed by atoms with van der Waals surface area (Å²) in [7, 11) is 1.53. The maximum absolute atomic E-state index is 12.2. The predicted octanol–water partition coefficient (Wildman–Crippen LogP) is 2.34. The molecule has 8 heteroatoms. The number of amides is 3. The van der Waals surface area contributed by atoms with Crippen molar-refractivity contribution in [2.45, 2.75) is 12.8 Å². The second-order valence-electron chi connectivity index (χ2n) is 6.68. The van der Waals surface area contributed by atoms with E-state index in [4.69, 9.17) is 15.2 Å². The molecule has 3 amide bonds. The minimum absolute atomic E-state index is 0.0686. The number of hydrogen-bond acceptors (Lipinski definition) is 5. The first-order chi connectivity index (χ1) is 14.5. The summed E-state index contributed by atoms with van der Waals surface area (Å²) in [6.45, 7) is 0.474. The number of carbonyl (C=O) groups is 3. The van der Waals surface area contributed by atoms with Crippen LogP contribution in [-0.2, 0) is 14.4 Å². The smallest absolute Gasteiger partial charge is 0.255 e. The van der Waals surface area contributed by atoms with Gasteiger partial charge in [-0.2, -0.15) is 0 Å². The van der Waals surface area contributed by atoms with Crippen molar-refractivity contribution in [3.8, 4) is 11.5 Å². The van der Waals surface area contributed by atoms with Gasteiger partial charge < -0.3 is 25.4 Å². The van der Waals surface area contributed by atoms with Gasteiger partial charge in [-0.05, 0) is 42.3 Å². The highest BCUT2D eigenvalue weighted by Crippen LogP contribution is 2.33. The fraction of sp³-hybridized carbons (Fsp3) is 0.227. The SMILES string of the molecule is COc1cc(NC(=O)/C=C\c2ccc(OCC(N)=O)cc2)ccc1N1CCCC1=O. The van der Waals surface area contributed by atoms with Crippen molar-refractivity contribution >= 4 is 35.2 Å². The quantitative estimate of drug-likeness (QED) is 0.650. The lowest BCUT2D eigenvalue weighted by Crippen LogP contribution is -2.24. The van der Waals surface area contributed by atoms with Crippen LogP contribution in [0.4, 0.5) is 11.4 Å². The molecular formula is C22H23N3O5. The minimum Gasteiger partial charge on any atom is -0.494 e. The highest BCUT2D eigenvalue weighted by atomic mass is 16.5. The lowest BCUT2D eigenvalue weighted by molar-refractivity contribution is -0.120. The third kappa shape index (κ3) is 5.38. The van der Waals surface area contributed by atoms with Crippen LogP contribution < -0.4 is 25.4 Å². The van der Waals surface area contributed by atoms with Gasteiger partial charge in [-0.25, -0.2) is 0 Å². The summed E-state index contributed by atoms with van der Waals surface area (Å²) >= 11 is 0. The number of rotatable bonds is 8. The first-order valence-corrected chi connectivity index (χ1v) is 9.45. The molecular weight excluding hydrogens is 386 g/mol. The maximum Gasteiger partial charge on any atom is 0.255 e. The monoisotopic (exact) mass is 409 g/mol. The molecule has 1 aliphatic rings. The van der Waals surface area contributed by atoms with Crippen molar-refractivity contribution in [2.75, 3.05) is 30.5 Å². The van der Waals surface area contributed by atoms with Crippen LogP contribution in [0.5, 0.6) is 11.5 Å². The molecule has 2 aromatic carbocycles. The predicted molar refractivity (Wildman–Crippen MR) is 113 cm³/mol. The summed E-state index contributed by atoms with van der Waals surface area (Å²) in [5.41, 5.74) is 7.09. The van der Waals surface area contributed by atoms with Crippen LogP contribution in [0.3, 0.4) is 0 Å². The zero-order valence-electron chi connectivity index (χ0n) is 16.6. The summed E-state index contributed by atoms with van der Waals surface area (Å²) in [5.74, 6) is 0.250. The molecule has 8 nitrogen and oxygen atoms in total. The molecule has 0 atom stereocenters. The topological polar surface area (TPSA) is 111 Å². The normalized spacial score (nSPS) is 13.5. The Morgan fingerprint density at radius 2 is 1.97 bits per heavy atom. The van der Waals surface area contributed by atoms with Crippen molar-refractivity contribution in [3.05, 3.63) is 54.1 Å². The molecule has 1 heterocycles. The van der Waals surface area contributed by atoms with Crippen LogP contribution in [0.15, 0.2) is 48.5 Å². The fourth-order valence-corrected chi connectivity index (χ4v) is 3.07. The molecule has 2 aromatic rings. The van der Waals surface area contributed by atoms with Gasteiger partial charge in [-0.1, -0.05) is 12.1 Å². The van der Waals surface area contributed by atoms with E-state index in [2.05, 4.69) is 5.32 Å². The number of carbonyl (C=O) groups excluding carboxylic acids is 3. The van der Waals surface area contributed by atoms with Crippen molar-refractivity contribution in [3.63, 3.8) is 0 Å². The molecule has 1 aliphatic heterocycles. The van der Waals surface area contributed by atoms with E-state index >= 15 is 0 Å². The molecule has 156 valence electrons. The van der Waals surface area contributed by atoms with Crippen molar-refractivity contribution in [1.29, 1.82) is 0 Å². The lowest BCUT2D eigenvalue weighted by atomic mass is 10.2. The number of anilines is 2. The summed E-state index contributed by atoms with van der Waals surface area (Å²) in [6.07, 6.45) is 4.42. The van der Waals surface area contributed by atoms with Crippen LogP contribution in [0.25, 0.3) is 6.08 Å². The van der Waals surface area contributed by atoms with Crippen LogP contribution in [0, 0.1) is 0 Å². The Labute approximate surface area is 174 Å². The lowest BCUT2D eigenvalue weighted by Gasteiger charge is -2.19. The average Bonchev–Trinajstić information content (AvgIpc) is 3.17. The summed E-state index contributed by atoms with van der Waals surface area (Å²) in [6, 6.07) is 12.1. The highest BCUT2D eigenvalue weighted by molar-refractivity contribution is 6.02. The Kier molecular flexibility index (Phi) is 6.69. The number of hydrogen-bond donors (Lipinski definition) is 2. The Morgan fingerprint density at radius 3 is 2.60 bits per heavy atom. The second-order valence-corrected chi connectivity index (χ2v) is 6.68. The van der Waals surface area contributed by atoms with E-state index in [1.54, 1.807) is 53.4 Å². The molecule has 0 spiro atoms. The minimum atomic E-state index is -0.549. The van der Waals surface area contributed by atoms with E-state index < -0.39 is 5.91 Å². The molecule has 1 saturated heterocycles. The number of methoxy groups -OCH3 is 1. The number of benzene rings is 2. The van der Waals surface area contributed by atoms with Gasteiger partial charge in [0.05, 0.1) is 12.8 Å². The van der Waals surface area contributed by atoms with Crippen molar-refractivity contribution in [2.24, 2.45) is 5.73 Å². The zero-order valence-corrected chi connectivity index (χ0v) is 16.6. The third-order valence-corrected chi connectivity index (χ3v) is 4.50. The van der Waals surface area contributed by atoms with Crippen LogP contribution in [0.2, 0.25) is 0 Å². The van der Waals surface area contributed by atoms with E-state index in [-0.39, 0.29) is 18.4 Å². The van der Waals surface area contributed by atoms with Crippen LogP contribution in [-0.4, -0.2) is 38.0 Å². The van der Waals surface area contributed by atoms with Gasteiger partial charge >= 0.3 is 0 Å². The van der Waals surface area contributed by atoms with E-state index in [0.717, 1.165) is 12.0 Å². The molecule has 3 N–H and O–H groups in total. The zero-order chi connectivity index (χ0) is 21.5. The van der Waals surface area contributed by atoms with Gasteiger partial charge in [0, 0.05) is 30.8 Å². The molecule has 0 aromatic heterocycles. The van der Waals surface area contributed by atoms with E-state index in [1.807, 2.05) is 0 Å². The van der Waals surface area contributed by atoms with E-state index in [9.17, 15) is 14.4 Å². The second kappa shape index (κ2) is 9.60. The van der Waals surface area contributed by atoms with Gasteiger partial charge in [-0.3, -0.25) is 14.4 Å². The number of ether oxygens (including phenoxy) is 2. The Balaban J connectivity index is 1.61. The van der Waals surface area contributed by atoms with Crippen molar-refractivity contribution < 1.29 is 23.9 Å². The Hall–Kier alpha value is -3.81. The number of primary amides is 1. The van der Waals surface area contributed by atoms with Crippen LogP contribution >= 0.6 is 0 Å². The van der Waals surface area contributed by atoms with Crippen molar-refractivity contribution in [1.82, 2.24) is 0 Å². The summed E-state index contributed by atoms with van der Waals surface area (Å²) in [5, 5.41) is 2.77. The molecule has 0 unspecified atom stereocenters. The van der Waals surface area contributed by atoms with Crippen LogP contribution in [0.1, 0.15) is 18.4 Å². The van der Waals surface area contributed by atoms with Gasteiger partial charge in [-0.15, -0.1) is 0 Å². The third-order valence-electron chi connectivity index (χ3n) is 4.50. The average molecular weight is 409 g/mol. The first kappa shape index (κ1) is 20.9. The first-order valence-electron chi connectivity index (χ1n) is 9.45. The molecule has 0 saturated carbocycles. The summed E-state index contributed by atoms with van der Waals surface area (Å²) in [4.78, 5) is 36.6. The fourth-order valence-electron chi connectivity index (χ4n) is 3.07. The molecule has 0 aliphatic carbocycles. The molecule has 1 fully saturated rings. The van der Waals surface area contributed by atoms with Gasteiger partial charge in [0.2, 0.25) is 11.8 Å². The summed E-state index contributed by atoms with van der Waals surface area (Å²) < 4.78 is 10.6. The van der Waals surface area contributed by atoms with E-state index in [1.165, 1.54) is 13.2 Å². The maximum atomic E-state index is 12.2. The Bertz CT molecular complexity index is 969. The number of nitrogens with zero attached hydrogens (tertiary/aromatic N) is 1. The molecule has 3 rings (SSSR count). The number of nitrogens with one attached hydrogen (secondary N) is 1. The number of nitrogens with two attached hydrogens (primary N) is 1. The Morgan fingerprint density at radius 1 is 1.20 bits per heavy atom. The molecule has 0 radical (unpaired) electrons. The molecule has 30 heavy (non-hydrogen) atoms. The standard InChI is InChI=1S/C22H23N3O5/c1-29-19-13-16(7-10-18(19)25-12-2-3-22(25)28)24-21(27)11-6-15-4-8-17(9-5-15)30-14-20(23)26/h4-11,13H,2-3,12,14H2,1H3,(H2,23,26)(H,24,27)/b11-6-. The van der Waals surface area contributed by atoms with Gasteiger partial charge in [0.25, 0.3) is 5.91 Å². The van der Waals surface area contributed by atoms with E-state index in [0.29, 0.717) is 35.8 Å².